The van der Waals surface area contributed by atoms with E-state index in [-0.39, 0.29) is 19.1 Å². The highest BCUT2D eigenvalue weighted by molar-refractivity contribution is 6.30. The van der Waals surface area contributed by atoms with E-state index in [0.717, 1.165) is 30.5 Å². The molecule has 1 heterocycles. The number of aryl methyl sites for hydroxylation is 2. The van der Waals surface area contributed by atoms with Gasteiger partial charge in [0.1, 0.15) is 24.0 Å². The van der Waals surface area contributed by atoms with Crippen molar-refractivity contribution in [3.05, 3.63) is 52.2 Å². The Labute approximate surface area is 157 Å². The van der Waals surface area contributed by atoms with E-state index in [1.165, 1.54) is 7.11 Å². The van der Waals surface area contributed by atoms with Gasteiger partial charge in [-0.15, -0.1) is 0 Å². The zero-order valence-corrected chi connectivity index (χ0v) is 15.3. The van der Waals surface area contributed by atoms with Gasteiger partial charge in [0.05, 0.1) is 7.11 Å². The van der Waals surface area contributed by atoms with Crippen LogP contribution in [0.15, 0.2) is 30.3 Å². The van der Waals surface area contributed by atoms with Crippen LogP contribution in [0.5, 0.6) is 11.6 Å². The minimum atomic E-state index is -0.844. The molecule has 0 spiro atoms. The standard InChI is InChI=1S/C19H21ClN2O4/c1-25-19-16(9-12-3-2-4-17(12)22-19)18(24)21-10-14(23)11-26-15-7-5-13(20)6-8-15/h5-9,14,23H,2-4,10-11H2,1H3,(H,21,24). The maximum atomic E-state index is 12.4. The average molecular weight is 377 g/mol. The van der Waals surface area contributed by atoms with Crippen LogP contribution < -0.4 is 14.8 Å². The van der Waals surface area contributed by atoms with E-state index in [2.05, 4.69) is 10.3 Å². The van der Waals surface area contributed by atoms with Crippen LogP contribution in [0.2, 0.25) is 5.02 Å². The molecule has 1 aromatic heterocycles. The van der Waals surface area contributed by atoms with Crippen LogP contribution in [-0.2, 0) is 12.8 Å². The summed E-state index contributed by atoms with van der Waals surface area (Å²) in [7, 11) is 1.50. The van der Waals surface area contributed by atoms with E-state index < -0.39 is 6.10 Å². The van der Waals surface area contributed by atoms with Crippen molar-refractivity contribution in [3.8, 4) is 11.6 Å². The Morgan fingerprint density at radius 2 is 2.12 bits per heavy atom. The average Bonchev–Trinajstić information content (AvgIpc) is 3.12. The number of aliphatic hydroxyl groups is 1. The van der Waals surface area contributed by atoms with Gasteiger partial charge in [-0.25, -0.2) is 4.98 Å². The summed E-state index contributed by atoms with van der Waals surface area (Å²) in [6, 6.07) is 8.68. The zero-order chi connectivity index (χ0) is 18.5. The fourth-order valence-electron chi connectivity index (χ4n) is 2.86. The molecule has 1 unspecified atom stereocenters. The molecule has 0 aliphatic heterocycles. The number of amides is 1. The van der Waals surface area contributed by atoms with Gasteiger partial charge in [-0.3, -0.25) is 4.79 Å². The van der Waals surface area contributed by atoms with Crippen molar-refractivity contribution >= 4 is 17.5 Å². The topological polar surface area (TPSA) is 80.7 Å². The molecule has 1 aliphatic carbocycles. The number of rotatable bonds is 7. The van der Waals surface area contributed by atoms with Crippen LogP contribution >= 0.6 is 11.6 Å². The molecular weight excluding hydrogens is 356 g/mol. The number of aromatic nitrogens is 1. The molecule has 26 heavy (non-hydrogen) atoms. The molecule has 0 radical (unpaired) electrons. The predicted molar refractivity (Wildman–Crippen MR) is 98.1 cm³/mol. The van der Waals surface area contributed by atoms with E-state index in [1.807, 2.05) is 6.07 Å². The van der Waals surface area contributed by atoms with Crippen molar-refractivity contribution in [3.63, 3.8) is 0 Å². The van der Waals surface area contributed by atoms with Crippen molar-refractivity contribution in [2.45, 2.75) is 25.4 Å². The van der Waals surface area contributed by atoms with E-state index in [0.29, 0.717) is 22.2 Å². The molecule has 138 valence electrons. The Morgan fingerprint density at radius 3 is 2.85 bits per heavy atom. The lowest BCUT2D eigenvalue weighted by Gasteiger charge is -2.14. The number of benzene rings is 1. The molecule has 0 fully saturated rings. The van der Waals surface area contributed by atoms with E-state index in [9.17, 15) is 9.90 Å². The molecule has 0 saturated heterocycles. The van der Waals surface area contributed by atoms with Crippen molar-refractivity contribution in [1.29, 1.82) is 0 Å². The van der Waals surface area contributed by atoms with Gasteiger partial charge in [0.2, 0.25) is 5.88 Å². The van der Waals surface area contributed by atoms with Crippen molar-refractivity contribution in [2.75, 3.05) is 20.3 Å². The van der Waals surface area contributed by atoms with Gasteiger partial charge in [0, 0.05) is 17.3 Å². The fraction of sp³-hybridized carbons (Fsp3) is 0.368. The molecule has 2 N–H and O–H groups in total. The Kier molecular flexibility index (Phi) is 5.96. The monoisotopic (exact) mass is 376 g/mol. The second-order valence-corrected chi connectivity index (χ2v) is 6.57. The van der Waals surface area contributed by atoms with Crippen molar-refractivity contribution in [1.82, 2.24) is 10.3 Å². The second-order valence-electron chi connectivity index (χ2n) is 6.13. The molecule has 1 amide bonds. The number of carbonyl (C=O) groups is 1. The Morgan fingerprint density at radius 1 is 1.35 bits per heavy atom. The van der Waals surface area contributed by atoms with Crippen molar-refractivity contribution < 1.29 is 19.4 Å². The molecule has 6 nitrogen and oxygen atoms in total. The lowest BCUT2D eigenvalue weighted by Crippen LogP contribution is -2.35. The number of hydrogen-bond donors (Lipinski definition) is 2. The number of halogens is 1. The summed E-state index contributed by atoms with van der Waals surface area (Å²) in [6.45, 7) is 0.119. The van der Waals surface area contributed by atoms with Gasteiger partial charge in [-0.1, -0.05) is 11.6 Å². The smallest absolute Gasteiger partial charge is 0.256 e. The summed E-state index contributed by atoms with van der Waals surface area (Å²) in [4.78, 5) is 16.9. The van der Waals surface area contributed by atoms with Gasteiger partial charge in [-0.05, 0) is 55.2 Å². The zero-order valence-electron chi connectivity index (χ0n) is 14.5. The quantitative estimate of drug-likeness (QED) is 0.775. The highest BCUT2D eigenvalue weighted by atomic mass is 35.5. The number of methoxy groups -OCH3 is 1. The van der Waals surface area contributed by atoms with E-state index in [4.69, 9.17) is 21.1 Å². The third-order valence-electron chi connectivity index (χ3n) is 4.21. The number of aliphatic hydroxyl groups excluding tert-OH is 1. The minimum absolute atomic E-state index is 0.0570. The van der Waals surface area contributed by atoms with Crippen molar-refractivity contribution in [2.24, 2.45) is 0 Å². The van der Waals surface area contributed by atoms with Crippen LogP contribution in [0.25, 0.3) is 0 Å². The third kappa shape index (κ3) is 4.45. The molecule has 0 bridgehead atoms. The van der Waals surface area contributed by atoms with Crippen LogP contribution in [0, 0.1) is 0 Å². The first-order valence-corrected chi connectivity index (χ1v) is 8.86. The number of pyridine rings is 1. The SMILES string of the molecule is COc1nc2c(cc1C(=O)NCC(O)COc1ccc(Cl)cc1)CCC2. The third-order valence-corrected chi connectivity index (χ3v) is 4.46. The van der Waals surface area contributed by atoms with Gasteiger partial charge in [-0.2, -0.15) is 0 Å². The molecule has 1 atom stereocenters. The largest absolute Gasteiger partial charge is 0.491 e. The summed E-state index contributed by atoms with van der Waals surface area (Å²) < 4.78 is 10.7. The number of ether oxygens (including phenoxy) is 2. The lowest BCUT2D eigenvalue weighted by atomic mass is 10.1. The molecule has 0 saturated carbocycles. The predicted octanol–water partition coefficient (Wildman–Crippen LogP) is 2.40. The summed E-state index contributed by atoms with van der Waals surface area (Å²) in [5, 5.41) is 13.3. The number of carbonyl (C=O) groups excluding carboxylic acids is 1. The van der Waals surface area contributed by atoms with Gasteiger partial charge < -0.3 is 19.9 Å². The second kappa shape index (κ2) is 8.38. The van der Waals surface area contributed by atoms with Crippen LogP contribution in [0.1, 0.15) is 28.0 Å². The first kappa shape index (κ1) is 18.5. The van der Waals surface area contributed by atoms with Gasteiger partial charge in [0.25, 0.3) is 5.91 Å². The summed E-state index contributed by atoms with van der Waals surface area (Å²) in [6.07, 6.45) is 2.03. The fourth-order valence-corrected chi connectivity index (χ4v) is 2.99. The summed E-state index contributed by atoms with van der Waals surface area (Å²) >= 11 is 5.81. The highest BCUT2D eigenvalue weighted by Crippen LogP contribution is 2.26. The normalized spacial score (nSPS) is 13.8. The summed E-state index contributed by atoms with van der Waals surface area (Å²) in [5.41, 5.74) is 2.47. The maximum Gasteiger partial charge on any atom is 0.256 e. The molecule has 1 aliphatic rings. The molecular formula is C19H21ClN2O4. The number of fused-ring (bicyclic) bond motifs is 1. The van der Waals surface area contributed by atoms with Crippen LogP contribution in [0.3, 0.4) is 0 Å². The molecule has 2 aromatic rings. The van der Waals surface area contributed by atoms with Gasteiger partial charge in [0.15, 0.2) is 0 Å². The molecule has 3 rings (SSSR count). The number of nitrogens with one attached hydrogen (secondary N) is 1. The summed E-state index contributed by atoms with van der Waals surface area (Å²) in [5.74, 6) is 0.592. The highest BCUT2D eigenvalue weighted by Gasteiger charge is 2.21. The Hall–Kier alpha value is -2.31. The Balaban J connectivity index is 1.54. The minimum Gasteiger partial charge on any atom is -0.491 e. The number of nitrogens with zero attached hydrogens (tertiary/aromatic N) is 1. The molecule has 7 heteroatoms. The lowest BCUT2D eigenvalue weighted by molar-refractivity contribution is 0.0840. The maximum absolute atomic E-state index is 12.4. The number of hydrogen-bond acceptors (Lipinski definition) is 5. The first-order valence-electron chi connectivity index (χ1n) is 8.48. The van der Waals surface area contributed by atoms with E-state index >= 15 is 0 Å². The van der Waals surface area contributed by atoms with E-state index in [1.54, 1.807) is 24.3 Å². The first-order chi connectivity index (χ1) is 12.6. The Bertz CT molecular complexity index is 780. The van der Waals surface area contributed by atoms with Gasteiger partial charge >= 0.3 is 0 Å². The van der Waals surface area contributed by atoms with Crippen LogP contribution in [0.4, 0.5) is 0 Å². The molecule has 1 aromatic carbocycles. The van der Waals surface area contributed by atoms with Crippen LogP contribution in [-0.4, -0.2) is 42.4 Å².